The predicted molar refractivity (Wildman–Crippen MR) is 75.4 cm³/mol. The maximum Gasteiger partial charge on any atom is 0.0484 e. The van der Waals surface area contributed by atoms with Gasteiger partial charge in [0.25, 0.3) is 0 Å². The first-order valence-electron chi connectivity index (χ1n) is 6.76. The van der Waals surface area contributed by atoms with Crippen molar-refractivity contribution in [3.8, 4) is 0 Å². The molecular weight excluding hydrogens is 228 g/mol. The van der Waals surface area contributed by atoms with Gasteiger partial charge in [0.15, 0.2) is 0 Å². The van der Waals surface area contributed by atoms with Crippen LogP contribution in [0.4, 0.5) is 0 Å². The number of hydrogen-bond acceptors (Lipinski definition) is 3. The fourth-order valence-corrected chi connectivity index (χ4v) is 4.16. The first-order chi connectivity index (χ1) is 8.27. The minimum absolute atomic E-state index is 0.577. The molecule has 0 amide bonds. The van der Waals surface area contributed by atoms with Crippen LogP contribution in [-0.4, -0.2) is 24.5 Å². The van der Waals surface area contributed by atoms with Crippen molar-refractivity contribution in [2.45, 2.75) is 39.2 Å². The SMILES string of the molecule is CCCN1CCCC(CN)C1c1sccc1C. The summed E-state index contributed by atoms with van der Waals surface area (Å²) in [7, 11) is 0. The maximum absolute atomic E-state index is 5.99. The Kier molecular flexibility index (Phi) is 4.60. The van der Waals surface area contributed by atoms with Gasteiger partial charge in [-0.1, -0.05) is 6.92 Å². The Balaban J connectivity index is 2.25. The quantitative estimate of drug-likeness (QED) is 0.892. The second-order valence-electron chi connectivity index (χ2n) is 5.09. The normalized spacial score (nSPS) is 26.3. The molecule has 1 aromatic heterocycles. The fourth-order valence-electron chi connectivity index (χ4n) is 3.00. The van der Waals surface area contributed by atoms with Gasteiger partial charge in [0.2, 0.25) is 0 Å². The monoisotopic (exact) mass is 252 g/mol. The number of thiophene rings is 1. The summed E-state index contributed by atoms with van der Waals surface area (Å²) in [6.07, 6.45) is 3.83. The molecule has 1 aromatic rings. The molecule has 2 unspecified atom stereocenters. The van der Waals surface area contributed by atoms with Gasteiger partial charge in [0.1, 0.15) is 0 Å². The molecule has 1 aliphatic rings. The van der Waals surface area contributed by atoms with Crippen molar-refractivity contribution in [2.75, 3.05) is 19.6 Å². The highest BCUT2D eigenvalue weighted by Gasteiger charge is 2.32. The summed E-state index contributed by atoms with van der Waals surface area (Å²) in [6.45, 7) is 7.77. The molecule has 0 aliphatic carbocycles. The van der Waals surface area contributed by atoms with Gasteiger partial charge in [-0.2, -0.15) is 0 Å². The van der Waals surface area contributed by atoms with Crippen LogP contribution in [0.15, 0.2) is 11.4 Å². The van der Waals surface area contributed by atoms with E-state index in [1.165, 1.54) is 37.9 Å². The van der Waals surface area contributed by atoms with E-state index in [0.29, 0.717) is 12.0 Å². The molecule has 3 heteroatoms. The van der Waals surface area contributed by atoms with Gasteiger partial charge in [0.05, 0.1) is 0 Å². The van der Waals surface area contributed by atoms with Crippen LogP contribution in [0.2, 0.25) is 0 Å². The lowest BCUT2D eigenvalue weighted by Crippen LogP contribution is -2.41. The van der Waals surface area contributed by atoms with Crippen molar-refractivity contribution in [3.05, 3.63) is 21.9 Å². The van der Waals surface area contributed by atoms with E-state index in [1.54, 1.807) is 4.88 Å². The van der Waals surface area contributed by atoms with Crippen molar-refractivity contribution in [2.24, 2.45) is 11.7 Å². The van der Waals surface area contributed by atoms with E-state index >= 15 is 0 Å². The molecule has 0 bridgehead atoms. The van der Waals surface area contributed by atoms with Crippen LogP contribution in [0.1, 0.15) is 42.7 Å². The summed E-state index contributed by atoms with van der Waals surface area (Å²) >= 11 is 1.91. The molecule has 0 spiro atoms. The third kappa shape index (κ3) is 2.72. The lowest BCUT2D eigenvalue weighted by atomic mass is 9.87. The first-order valence-corrected chi connectivity index (χ1v) is 7.64. The molecule has 1 fully saturated rings. The molecule has 2 nitrogen and oxygen atoms in total. The van der Waals surface area contributed by atoms with E-state index in [-0.39, 0.29) is 0 Å². The Morgan fingerprint density at radius 3 is 2.94 bits per heavy atom. The van der Waals surface area contributed by atoms with Gasteiger partial charge in [-0.25, -0.2) is 0 Å². The van der Waals surface area contributed by atoms with Crippen LogP contribution in [0.25, 0.3) is 0 Å². The molecule has 0 saturated carbocycles. The van der Waals surface area contributed by atoms with E-state index in [2.05, 4.69) is 30.2 Å². The molecule has 2 N–H and O–H groups in total. The molecule has 1 saturated heterocycles. The second-order valence-corrected chi connectivity index (χ2v) is 6.03. The summed E-state index contributed by atoms with van der Waals surface area (Å²) in [6, 6.07) is 2.82. The molecule has 2 atom stereocenters. The fraction of sp³-hybridized carbons (Fsp3) is 0.714. The Hall–Kier alpha value is -0.380. The lowest BCUT2D eigenvalue weighted by molar-refractivity contribution is 0.0981. The van der Waals surface area contributed by atoms with Gasteiger partial charge < -0.3 is 5.73 Å². The van der Waals surface area contributed by atoms with Crippen molar-refractivity contribution >= 4 is 11.3 Å². The maximum atomic E-state index is 5.99. The molecule has 0 radical (unpaired) electrons. The Labute approximate surface area is 109 Å². The first kappa shape index (κ1) is 13.1. The smallest absolute Gasteiger partial charge is 0.0484 e. The number of piperidine rings is 1. The van der Waals surface area contributed by atoms with Crippen molar-refractivity contribution < 1.29 is 0 Å². The number of nitrogens with two attached hydrogens (primary N) is 1. The molecule has 2 heterocycles. The zero-order valence-electron chi connectivity index (χ0n) is 11.0. The number of likely N-dealkylation sites (tertiary alicyclic amines) is 1. The van der Waals surface area contributed by atoms with E-state index in [4.69, 9.17) is 5.73 Å². The van der Waals surface area contributed by atoms with E-state index in [0.717, 1.165) is 6.54 Å². The van der Waals surface area contributed by atoms with Crippen LogP contribution in [0.5, 0.6) is 0 Å². The van der Waals surface area contributed by atoms with Crippen LogP contribution in [0, 0.1) is 12.8 Å². The van der Waals surface area contributed by atoms with Crippen molar-refractivity contribution in [1.29, 1.82) is 0 Å². The number of aryl methyl sites for hydroxylation is 1. The Morgan fingerprint density at radius 2 is 2.35 bits per heavy atom. The van der Waals surface area contributed by atoms with E-state index in [9.17, 15) is 0 Å². The zero-order valence-corrected chi connectivity index (χ0v) is 11.8. The number of nitrogens with zero attached hydrogens (tertiary/aromatic N) is 1. The average Bonchev–Trinajstić information content (AvgIpc) is 2.75. The third-order valence-electron chi connectivity index (χ3n) is 3.84. The molecule has 0 aromatic carbocycles. The van der Waals surface area contributed by atoms with Crippen molar-refractivity contribution in [1.82, 2.24) is 4.90 Å². The Bertz CT molecular complexity index is 346. The third-order valence-corrected chi connectivity index (χ3v) is 4.93. The average molecular weight is 252 g/mol. The molecule has 1 aliphatic heterocycles. The highest BCUT2D eigenvalue weighted by atomic mass is 32.1. The van der Waals surface area contributed by atoms with Gasteiger partial charge >= 0.3 is 0 Å². The minimum atomic E-state index is 0.577. The van der Waals surface area contributed by atoms with Crippen LogP contribution >= 0.6 is 11.3 Å². The van der Waals surface area contributed by atoms with Crippen LogP contribution in [-0.2, 0) is 0 Å². The van der Waals surface area contributed by atoms with Crippen LogP contribution < -0.4 is 5.73 Å². The highest BCUT2D eigenvalue weighted by molar-refractivity contribution is 7.10. The predicted octanol–water partition coefficient (Wildman–Crippen LogP) is 3.18. The summed E-state index contributed by atoms with van der Waals surface area (Å²) in [5.74, 6) is 0.646. The summed E-state index contributed by atoms with van der Waals surface area (Å²) in [4.78, 5) is 4.20. The van der Waals surface area contributed by atoms with Gasteiger partial charge in [-0.15, -0.1) is 11.3 Å². The van der Waals surface area contributed by atoms with Gasteiger partial charge in [-0.05, 0) is 68.7 Å². The molecular formula is C14H24N2S. The van der Waals surface area contributed by atoms with Gasteiger partial charge in [0, 0.05) is 10.9 Å². The van der Waals surface area contributed by atoms with Crippen LogP contribution in [0.3, 0.4) is 0 Å². The number of rotatable bonds is 4. The Morgan fingerprint density at radius 1 is 1.53 bits per heavy atom. The molecule has 96 valence electrons. The zero-order chi connectivity index (χ0) is 12.3. The van der Waals surface area contributed by atoms with Crippen molar-refractivity contribution in [3.63, 3.8) is 0 Å². The van der Waals surface area contributed by atoms with Gasteiger partial charge in [-0.3, -0.25) is 4.90 Å². The summed E-state index contributed by atoms with van der Waals surface area (Å²) < 4.78 is 0. The summed E-state index contributed by atoms with van der Waals surface area (Å²) in [5.41, 5.74) is 7.43. The largest absolute Gasteiger partial charge is 0.330 e. The summed E-state index contributed by atoms with van der Waals surface area (Å²) in [5, 5.41) is 2.22. The number of hydrogen-bond donors (Lipinski definition) is 1. The highest BCUT2D eigenvalue weighted by Crippen LogP contribution is 2.39. The minimum Gasteiger partial charge on any atom is -0.330 e. The standard InChI is InChI=1S/C14H24N2S/c1-3-7-16-8-4-5-12(10-15)13(16)14-11(2)6-9-17-14/h6,9,12-13H,3-5,7-8,10,15H2,1-2H3. The topological polar surface area (TPSA) is 29.3 Å². The molecule has 17 heavy (non-hydrogen) atoms. The molecule has 2 rings (SSSR count). The van der Waals surface area contributed by atoms with E-state index in [1.807, 2.05) is 11.3 Å². The second kappa shape index (κ2) is 5.98. The lowest BCUT2D eigenvalue weighted by Gasteiger charge is -2.41. The van der Waals surface area contributed by atoms with E-state index < -0.39 is 0 Å².